The van der Waals surface area contributed by atoms with E-state index < -0.39 is 5.97 Å². The third kappa shape index (κ3) is 1.47. The molecular formula is C9H9NO3. The van der Waals surface area contributed by atoms with Crippen molar-refractivity contribution in [2.45, 2.75) is 18.9 Å². The molecule has 1 aromatic rings. The van der Waals surface area contributed by atoms with E-state index in [1.54, 1.807) is 10.8 Å². The molecule has 1 aliphatic carbocycles. The van der Waals surface area contributed by atoms with E-state index in [1.807, 2.05) is 0 Å². The van der Waals surface area contributed by atoms with E-state index in [-0.39, 0.29) is 11.1 Å². The highest BCUT2D eigenvalue weighted by Gasteiger charge is 2.24. The molecule has 4 heteroatoms. The Morgan fingerprint density at radius 2 is 2.23 bits per heavy atom. The van der Waals surface area contributed by atoms with Gasteiger partial charge in [-0.05, 0) is 18.9 Å². The fraction of sp³-hybridized carbons (Fsp3) is 0.333. The summed E-state index contributed by atoms with van der Waals surface area (Å²) in [5.41, 5.74) is -0.163. The van der Waals surface area contributed by atoms with Crippen LogP contribution in [-0.2, 0) is 0 Å². The average molecular weight is 179 g/mol. The minimum absolute atomic E-state index is 0.0573. The molecule has 0 atom stereocenters. The second-order valence-electron chi connectivity index (χ2n) is 3.20. The molecule has 0 bridgehead atoms. The van der Waals surface area contributed by atoms with E-state index >= 15 is 0 Å². The molecule has 0 radical (unpaired) electrons. The molecule has 1 heterocycles. The standard InChI is InChI=1S/C9H9NO3/c11-8-5-6(9(12)13)3-4-10(8)7-1-2-7/h3-5,7H,1-2H2,(H,12,13). The summed E-state index contributed by atoms with van der Waals surface area (Å²) in [6, 6.07) is 2.93. The fourth-order valence-electron chi connectivity index (χ4n) is 1.28. The molecule has 1 fully saturated rings. The van der Waals surface area contributed by atoms with Gasteiger partial charge in [-0.1, -0.05) is 0 Å². The quantitative estimate of drug-likeness (QED) is 0.733. The molecule has 4 nitrogen and oxygen atoms in total. The molecular weight excluding hydrogens is 170 g/mol. The molecule has 0 aromatic carbocycles. The maximum absolute atomic E-state index is 11.3. The van der Waals surface area contributed by atoms with E-state index in [0.29, 0.717) is 6.04 Å². The minimum atomic E-state index is -1.06. The van der Waals surface area contributed by atoms with Crippen LogP contribution in [0.5, 0.6) is 0 Å². The number of hydrogen-bond acceptors (Lipinski definition) is 2. The highest BCUT2D eigenvalue weighted by atomic mass is 16.4. The smallest absolute Gasteiger partial charge is 0.335 e. The summed E-state index contributed by atoms with van der Waals surface area (Å²) in [7, 11) is 0. The van der Waals surface area contributed by atoms with E-state index in [4.69, 9.17) is 5.11 Å². The van der Waals surface area contributed by atoms with Crippen LogP contribution in [0.25, 0.3) is 0 Å². The van der Waals surface area contributed by atoms with Crippen molar-refractivity contribution < 1.29 is 9.90 Å². The Kier molecular flexibility index (Phi) is 1.69. The van der Waals surface area contributed by atoms with E-state index in [2.05, 4.69) is 0 Å². The van der Waals surface area contributed by atoms with Crippen molar-refractivity contribution in [1.82, 2.24) is 4.57 Å². The third-order valence-electron chi connectivity index (χ3n) is 2.14. The van der Waals surface area contributed by atoms with Gasteiger partial charge in [-0.15, -0.1) is 0 Å². The van der Waals surface area contributed by atoms with Crippen molar-refractivity contribution in [3.8, 4) is 0 Å². The van der Waals surface area contributed by atoms with Crippen LogP contribution in [0.1, 0.15) is 29.2 Å². The monoisotopic (exact) mass is 179 g/mol. The number of aromatic nitrogens is 1. The van der Waals surface area contributed by atoms with E-state index in [9.17, 15) is 9.59 Å². The first-order chi connectivity index (χ1) is 6.18. The zero-order valence-corrected chi connectivity index (χ0v) is 6.93. The molecule has 68 valence electrons. The van der Waals surface area contributed by atoms with Gasteiger partial charge < -0.3 is 9.67 Å². The van der Waals surface area contributed by atoms with Gasteiger partial charge in [0.05, 0.1) is 5.56 Å². The number of rotatable bonds is 2. The zero-order chi connectivity index (χ0) is 9.42. The van der Waals surface area contributed by atoms with Gasteiger partial charge >= 0.3 is 5.97 Å². The van der Waals surface area contributed by atoms with Crippen molar-refractivity contribution in [2.24, 2.45) is 0 Å². The Morgan fingerprint density at radius 1 is 1.54 bits per heavy atom. The van der Waals surface area contributed by atoms with Gasteiger partial charge in [-0.25, -0.2) is 4.79 Å². The number of carbonyl (C=O) groups is 1. The van der Waals surface area contributed by atoms with Gasteiger partial charge in [0, 0.05) is 18.3 Å². The van der Waals surface area contributed by atoms with Gasteiger partial charge in [0.15, 0.2) is 0 Å². The van der Waals surface area contributed by atoms with E-state index in [0.717, 1.165) is 12.8 Å². The summed E-state index contributed by atoms with van der Waals surface area (Å²) < 4.78 is 1.59. The molecule has 0 aliphatic heterocycles. The number of nitrogens with zero attached hydrogens (tertiary/aromatic N) is 1. The lowest BCUT2D eigenvalue weighted by Crippen LogP contribution is -2.19. The predicted octanol–water partition coefficient (Wildman–Crippen LogP) is 0.881. The molecule has 0 saturated heterocycles. The molecule has 0 amide bonds. The Morgan fingerprint density at radius 3 is 2.69 bits per heavy atom. The number of carboxylic acid groups (broad SMARTS) is 1. The average Bonchev–Trinajstić information content (AvgIpc) is 2.87. The fourth-order valence-corrected chi connectivity index (χ4v) is 1.28. The van der Waals surface area contributed by atoms with Crippen LogP contribution < -0.4 is 5.56 Å². The number of carboxylic acids is 1. The van der Waals surface area contributed by atoms with Gasteiger partial charge in [-0.2, -0.15) is 0 Å². The summed E-state index contributed by atoms with van der Waals surface area (Å²) in [5, 5.41) is 8.61. The SMILES string of the molecule is O=C(O)c1ccn(C2CC2)c(=O)c1. The van der Waals surface area contributed by atoms with Crippen LogP contribution >= 0.6 is 0 Å². The van der Waals surface area contributed by atoms with Crippen molar-refractivity contribution in [3.63, 3.8) is 0 Å². The third-order valence-corrected chi connectivity index (χ3v) is 2.14. The highest BCUT2D eigenvalue weighted by molar-refractivity contribution is 5.87. The topological polar surface area (TPSA) is 59.3 Å². The zero-order valence-electron chi connectivity index (χ0n) is 6.93. The molecule has 0 spiro atoms. The lowest BCUT2D eigenvalue weighted by molar-refractivity contribution is 0.0696. The Hall–Kier alpha value is -1.58. The number of pyridine rings is 1. The van der Waals surface area contributed by atoms with Crippen LogP contribution in [0.3, 0.4) is 0 Å². The first-order valence-electron chi connectivity index (χ1n) is 4.14. The van der Waals surface area contributed by atoms with Gasteiger partial charge in [0.25, 0.3) is 5.56 Å². The number of hydrogen-bond donors (Lipinski definition) is 1. The lowest BCUT2D eigenvalue weighted by Gasteiger charge is -2.01. The summed E-state index contributed by atoms with van der Waals surface area (Å²) in [6.07, 6.45) is 3.60. The van der Waals surface area contributed by atoms with Gasteiger partial charge in [0.2, 0.25) is 0 Å². The summed E-state index contributed by atoms with van der Waals surface area (Å²) in [5.74, 6) is -1.06. The Balaban J connectivity index is 2.43. The first kappa shape index (κ1) is 8.04. The van der Waals surface area contributed by atoms with Crippen LogP contribution in [0, 0.1) is 0 Å². The molecule has 1 aromatic heterocycles. The molecule has 1 aliphatic rings. The molecule has 1 saturated carbocycles. The lowest BCUT2D eigenvalue weighted by atomic mass is 10.3. The molecule has 1 N–H and O–H groups in total. The van der Waals surface area contributed by atoms with Crippen LogP contribution in [0.15, 0.2) is 23.1 Å². The summed E-state index contributed by atoms with van der Waals surface area (Å²) in [6.45, 7) is 0. The Labute approximate surface area is 74.4 Å². The predicted molar refractivity (Wildman–Crippen MR) is 45.9 cm³/mol. The van der Waals surface area contributed by atoms with Crippen LogP contribution in [-0.4, -0.2) is 15.6 Å². The molecule has 13 heavy (non-hydrogen) atoms. The van der Waals surface area contributed by atoms with Crippen LogP contribution in [0.2, 0.25) is 0 Å². The van der Waals surface area contributed by atoms with Crippen LogP contribution in [0.4, 0.5) is 0 Å². The minimum Gasteiger partial charge on any atom is -0.478 e. The second-order valence-corrected chi connectivity index (χ2v) is 3.20. The maximum atomic E-state index is 11.3. The van der Waals surface area contributed by atoms with E-state index in [1.165, 1.54) is 12.1 Å². The van der Waals surface area contributed by atoms with Gasteiger partial charge in [0.1, 0.15) is 0 Å². The van der Waals surface area contributed by atoms with Crippen molar-refractivity contribution >= 4 is 5.97 Å². The Bertz CT molecular complexity index is 404. The van der Waals surface area contributed by atoms with Crippen molar-refractivity contribution in [2.75, 3.05) is 0 Å². The number of aromatic carboxylic acids is 1. The summed E-state index contributed by atoms with van der Waals surface area (Å²) in [4.78, 5) is 21.8. The highest BCUT2D eigenvalue weighted by Crippen LogP contribution is 2.33. The second kappa shape index (κ2) is 2.73. The normalized spacial score (nSPS) is 15.7. The largest absolute Gasteiger partial charge is 0.478 e. The first-order valence-corrected chi connectivity index (χ1v) is 4.14. The van der Waals surface area contributed by atoms with Gasteiger partial charge in [-0.3, -0.25) is 4.79 Å². The molecule has 2 rings (SSSR count). The maximum Gasteiger partial charge on any atom is 0.335 e. The molecule has 0 unspecified atom stereocenters. The van der Waals surface area contributed by atoms with Crippen molar-refractivity contribution in [3.05, 3.63) is 34.2 Å². The van der Waals surface area contributed by atoms with Crippen molar-refractivity contribution in [1.29, 1.82) is 0 Å². The summed E-state index contributed by atoms with van der Waals surface area (Å²) >= 11 is 0.